The van der Waals surface area contributed by atoms with Crippen LogP contribution in [0.1, 0.15) is 18.4 Å². The molecule has 92 valence electrons. The molecule has 0 spiro atoms. The van der Waals surface area contributed by atoms with Gasteiger partial charge in [0.05, 0.1) is 12.7 Å². The van der Waals surface area contributed by atoms with Crippen molar-refractivity contribution in [3.8, 4) is 0 Å². The molecule has 1 aliphatic rings. The molecule has 0 bridgehead atoms. The Bertz CT molecular complexity index is 263. The molecule has 1 saturated heterocycles. The predicted molar refractivity (Wildman–Crippen MR) is 68.0 cm³/mol. The van der Waals surface area contributed by atoms with Crippen molar-refractivity contribution in [2.75, 3.05) is 13.1 Å². The van der Waals surface area contributed by atoms with Crippen LogP contribution in [-0.4, -0.2) is 24.7 Å². The van der Waals surface area contributed by atoms with E-state index >= 15 is 0 Å². The van der Waals surface area contributed by atoms with Gasteiger partial charge in [-0.2, -0.15) is 0 Å². The lowest BCUT2D eigenvalue weighted by atomic mass is 10.1. The molecule has 1 aromatic carbocycles. The van der Waals surface area contributed by atoms with Crippen LogP contribution < -0.4 is 5.32 Å². The van der Waals surface area contributed by atoms with Crippen molar-refractivity contribution in [2.45, 2.75) is 25.6 Å². The summed E-state index contributed by atoms with van der Waals surface area (Å²) in [4.78, 5) is 0. The molecule has 3 N–H and O–H groups in total. The minimum Gasteiger partial charge on any atom is -0.412 e. The van der Waals surface area contributed by atoms with Crippen molar-refractivity contribution in [2.24, 2.45) is 0 Å². The van der Waals surface area contributed by atoms with E-state index in [1.807, 2.05) is 6.07 Å². The molecular formula is C12H20ClNO2. The van der Waals surface area contributed by atoms with Crippen LogP contribution in [0, 0.1) is 0 Å². The third-order valence-corrected chi connectivity index (χ3v) is 2.61. The van der Waals surface area contributed by atoms with E-state index in [0.717, 1.165) is 32.5 Å². The third kappa shape index (κ3) is 4.94. The first-order chi connectivity index (χ1) is 6.95. The summed E-state index contributed by atoms with van der Waals surface area (Å²) in [6.45, 7) is 2.95. The minimum atomic E-state index is 0. The molecule has 4 heteroatoms. The van der Waals surface area contributed by atoms with Gasteiger partial charge >= 0.3 is 0 Å². The van der Waals surface area contributed by atoms with Gasteiger partial charge in [0.2, 0.25) is 0 Å². The maximum Gasteiger partial charge on any atom is 0.0720 e. The molecule has 16 heavy (non-hydrogen) atoms. The van der Waals surface area contributed by atoms with E-state index in [-0.39, 0.29) is 17.9 Å². The fraction of sp³-hybridized carbons (Fsp3) is 0.500. The van der Waals surface area contributed by atoms with Crippen molar-refractivity contribution in [3.63, 3.8) is 0 Å². The van der Waals surface area contributed by atoms with Gasteiger partial charge in [0, 0.05) is 0 Å². The largest absolute Gasteiger partial charge is 0.412 e. The van der Waals surface area contributed by atoms with Crippen molar-refractivity contribution >= 4 is 12.4 Å². The topological polar surface area (TPSA) is 52.8 Å². The normalized spacial score (nSPS) is 16.0. The molecule has 1 aliphatic heterocycles. The highest BCUT2D eigenvalue weighted by molar-refractivity contribution is 5.85. The molecular weight excluding hydrogens is 226 g/mol. The van der Waals surface area contributed by atoms with Gasteiger partial charge in [-0.25, -0.2) is 0 Å². The van der Waals surface area contributed by atoms with Gasteiger partial charge in [-0.1, -0.05) is 30.3 Å². The van der Waals surface area contributed by atoms with Crippen molar-refractivity contribution in [1.29, 1.82) is 0 Å². The Morgan fingerprint density at radius 3 is 2.38 bits per heavy atom. The highest BCUT2D eigenvalue weighted by Gasteiger charge is 2.12. The third-order valence-electron chi connectivity index (χ3n) is 2.61. The fourth-order valence-electron chi connectivity index (χ4n) is 1.75. The molecule has 0 aliphatic carbocycles. The number of halogens is 1. The van der Waals surface area contributed by atoms with Gasteiger partial charge < -0.3 is 15.5 Å². The lowest BCUT2D eigenvalue weighted by Gasteiger charge is -2.22. The standard InChI is InChI=1S/C12H17NO.ClH.H2O/c1-2-4-11(5-3-1)10-14-12-6-8-13-9-7-12;;/h1-5,12-13H,6-10H2;1H;1H2. The molecule has 2 rings (SSSR count). The first-order valence-corrected chi connectivity index (χ1v) is 5.31. The number of hydrogen-bond donors (Lipinski definition) is 1. The van der Waals surface area contributed by atoms with Crippen molar-refractivity contribution in [1.82, 2.24) is 5.32 Å². The van der Waals surface area contributed by atoms with Crippen LogP contribution in [0.4, 0.5) is 0 Å². The van der Waals surface area contributed by atoms with Gasteiger partial charge in [0.25, 0.3) is 0 Å². The van der Waals surface area contributed by atoms with E-state index in [0.29, 0.717) is 6.10 Å². The Kier molecular flexibility index (Phi) is 8.21. The Hall–Kier alpha value is -0.610. The van der Waals surface area contributed by atoms with E-state index in [1.54, 1.807) is 0 Å². The number of benzene rings is 1. The molecule has 0 radical (unpaired) electrons. The van der Waals surface area contributed by atoms with Gasteiger partial charge in [-0.15, -0.1) is 12.4 Å². The average Bonchev–Trinajstić information content (AvgIpc) is 2.29. The van der Waals surface area contributed by atoms with E-state index in [4.69, 9.17) is 4.74 Å². The Morgan fingerprint density at radius 2 is 1.75 bits per heavy atom. The summed E-state index contributed by atoms with van der Waals surface area (Å²) in [5, 5.41) is 3.33. The zero-order chi connectivity index (χ0) is 9.64. The van der Waals surface area contributed by atoms with Crippen LogP contribution in [0.25, 0.3) is 0 Å². The first-order valence-electron chi connectivity index (χ1n) is 5.31. The number of hydrogen-bond acceptors (Lipinski definition) is 2. The number of nitrogens with one attached hydrogen (secondary N) is 1. The molecule has 0 saturated carbocycles. The Balaban J connectivity index is 0.00000112. The first kappa shape index (κ1) is 15.4. The summed E-state index contributed by atoms with van der Waals surface area (Å²) >= 11 is 0. The Morgan fingerprint density at radius 1 is 1.12 bits per heavy atom. The quantitative estimate of drug-likeness (QED) is 0.879. The second kappa shape index (κ2) is 8.53. The van der Waals surface area contributed by atoms with E-state index in [2.05, 4.69) is 29.6 Å². The summed E-state index contributed by atoms with van der Waals surface area (Å²) in [6.07, 6.45) is 2.75. The summed E-state index contributed by atoms with van der Waals surface area (Å²) in [7, 11) is 0. The maximum atomic E-state index is 5.83. The molecule has 0 amide bonds. The van der Waals surface area contributed by atoms with Crippen LogP contribution in [-0.2, 0) is 11.3 Å². The summed E-state index contributed by atoms with van der Waals surface area (Å²) in [6, 6.07) is 10.4. The predicted octanol–water partition coefficient (Wildman–Crippen LogP) is 1.55. The van der Waals surface area contributed by atoms with Crippen molar-refractivity contribution in [3.05, 3.63) is 35.9 Å². The zero-order valence-electron chi connectivity index (χ0n) is 9.32. The minimum absolute atomic E-state index is 0. The fourth-order valence-corrected chi connectivity index (χ4v) is 1.75. The van der Waals surface area contributed by atoms with Gasteiger partial charge in [0.1, 0.15) is 0 Å². The summed E-state index contributed by atoms with van der Waals surface area (Å²) in [5.41, 5.74) is 1.27. The highest BCUT2D eigenvalue weighted by Crippen LogP contribution is 2.10. The molecule has 1 aromatic rings. The van der Waals surface area contributed by atoms with Crippen LogP contribution >= 0.6 is 12.4 Å². The monoisotopic (exact) mass is 245 g/mol. The molecule has 0 atom stereocenters. The van der Waals surface area contributed by atoms with Crippen LogP contribution in [0.3, 0.4) is 0 Å². The SMILES string of the molecule is Cl.O.c1ccc(COC2CCNCC2)cc1. The van der Waals surface area contributed by atoms with Crippen LogP contribution in [0.15, 0.2) is 30.3 Å². The van der Waals surface area contributed by atoms with Gasteiger partial charge in [0.15, 0.2) is 0 Å². The number of piperidine rings is 1. The smallest absolute Gasteiger partial charge is 0.0720 e. The summed E-state index contributed by atoms with van der Waals surface area (Å²) in [5.74, 6) is 0. The van der Waals surface area contributed by atoms with Gasteiger partial charge in [-0.3, -0.25) is 0 Å². The maximum absolute atomic E-state index is 5.83. The number of ether oxygens (including phenoxy) is 1. The molecule has 3 nitrogen and oxygen atoms in total. The number of rotatable bonds is 3. The summed E-state index contributed by atoms with van der Waals surface area (Å²) < 4.78 is 5.83. The van der Waals surface area contributed by atoms with Crippen LogP contribution in [0.5, 0.6) is 0 Å². The van der Waals surface area contributed by atoms with Gasteiger partial charge in [-0.05, 0) is 31.5 Å². The Labute approximate surface area is 103 Å². The van der Waals surface area contributed by atoms with Crippen LogP contribution in [0.2, 0.25) is 0 Å². The lowest BCUT2D eigenvalue weighted by molar-refractivity contribution is 0.0212. The zero-order valence-corrected chi connectivity index (χ0v) is 10.1. The average molecular weight is 246 g/mol. The second-order valence-corrected chi connectivity index (χ2v) is 3.75. The molecule has 0 unspecified atom stereocenters. The molecule has 1 fully saturated rings. The second-order valence-electron chi connectivity index (χ2n) is 3.75. The highest BCUT2D eigenvalue weighted by atomic mass is 35.5. The lowest BCUT2D eigenvalue weighted by Crippen LogP contribution is -2.32. The molecule has 0 aromatic heterocycles. The molecule has 1 heterocycles. The van der Waals surface area contributed by atoms with Crippen molar-refractivity contribution < 1.29 is 10.2 Å². The van der Waals surface area contributed by atoms with E-state index in [9.17, 15) is 0 Å². The van der Waals surface area contributed by atoms with E-state index in [1.165, 1.54) is 5.56 Å². The van der Waals surface area contributed by atoms with E-state index < -0.39 is 0 Å².